The largest absolute Gasteiger partial charge is 0.480 e. The predicted molar refractivity (Wildman–Crippen MR) is 51.3 cm³/mol. The highest BCUT2D eigenvalue weighted by Crippen LogP contribution is 2.12. The third-order valence-corrected chi connectivity index (χ3v) is 2.58. The van der Waals surface area contributed by atoms with E-state index in [2.05, 4.69) is 5.73 Å². The first-order valence-corrected chi connectivity index (χ1v) is 5.76. The van der Waals surface area contributed by atoms with Crippen molar-refractivity contribution in [3.05, 3.63) is 0 Å². The Morgan fingerprint density at radius 1 is 1.33 bits per heavy atom. The highest BCUT2D eigenvalue weighted by molar-refractivity contribution is 7.87. The van der Waals surface area contributed by atoms with Crippen LogP contribution in [0.3, 0.4) is 0 Å². The van der Waals surface area contributed by atoms with Gasteiger partial charge in [-0.25, -0.2) is 0 Å². The quantitative estimate of drug-likeness (QED) is 0.443. The van der Waals surface area contributed by atoms with Crippen LogP contribution in [0.15, 0.2) is 0 Å². The molecule has 0 aromatic heterocycles. The van der Waals surface area contributed by atoms with Crippen LogP contribution in [-0.2, 0) is 19.8 Å². The summed E-state index contributed by atoms with van der Waals surface area (Å²) in [6, 6.07) is -1.94. The van der Waals surface area contributed by atoms with Crippen LogP contribution in [0.5, 0.6) is 0 Å². The first-order chi connectivity index (χ1) is 7.93. The number of amides is 1. The lowest BCUT2D eigenvalue weighted by atomic mass is 10.2. The third-order valence-electron chi connectivity index (χ3n) is 1.46. The maximum Gasteiger partial charge on any atom is 0.402 e. The van der Waals surface area contributed by atoms with Crippen molar-refractivity contribution in [1.29, 1.82) is 0 Å². The first-order valence-electron chi connectivity index (χ1n) is 4.28. The van der Waals surface area contributed by atoms with Crippen LogP contribution in [0.1, 0.15) is 6.42 Å². The van der Waals surface area contributed by atoms with E-state index in [1.54, 1.807) is 0 Å². The van der Waals surface area contributed by atoms with Gasteiger partial charge in [-0.3, -0.25) is 9.59 Å². The summed E-state index contributed by atoms with van der Waals surface area (Å²) in [6.45, 7) is -1.87. The van der Waals surface area contributed by atoms with E-state index in [4.69, 9.17) is 5.11 Å². The highest BCUT2D eigenvalue weighted by atomic mass is 32.2. The molecule has 0 rings (SSSR count). The number of hydrogen-bond acceptors (Lipinski definition) is 4. The minimum absolute atomic E-state index is 0.887. The monoisotopic (exact) mass is 293 g/mol. The maximum absolute atomic E-state index is 11.7. The number of halogens is 3. The Labute approximate surface area is 99.5 Å². The Bertz CT molecular complexity index is 421. The smallest absolute Gasteiger partial charge is 0.402 e. The van der Waals surface area contributed by atoms with Crippen LogP contribution < -0.4 is 15.2 Å². The summed E-state index contributed by atoms with van der Waals surface area (Å²) < 4.78 is 59.7. The molecule has 0 aliphatic rings. The summed E-state index contributed by atoms with van der Waals surface area (Å²) in [7, 11) is -4.71. The molecule has 0 bridgehead atoms. The average Bonchev–Trinajstić information content (AvgIpc) is 2.11. The number of primary amides is 1. The Kier molecular flexibility index (Phi) is 5.51. The second kappa shape index (κ2) is 5.97. The van der Waals surface area contributed by atoms with E-state index in [-0.39, 0.29) is 0 Å². The molecule has 0 aliphatic carbocycles. The van der Waals surface area contributed by atoms with Gasteiger partial charge in [-0.05, 0) is 0 Å². The Balaban J connectivity index is 4.62. The Morgan fingerprint density at radius 2 is 1.83 bits per heavy atom. The number of nitrogens with one attached hydrogen (secondary N) is 2. The van der Waals surface area contributed by atoms with Crippen molar-refractivity contribution >= 4 is 22.1 Å². The molecule has 0 aliphatic heterocycles. The van der Waals surface area contributed by atoms with Gasteiger partial charge < -0.3 is 10.8 Å². The van der Waals surface area contributed by atoms with Crippen molar-refractivity contribution < 1.29 is 36.3 Å². The lowest BCUT2D eigenvalue weighted by Gasteiger charge is -2.14. The van der Waals surface area contributed by atoms with E-state index in [1.807, 2.05) is 0 Å². The van der Waals surface area contributed by atoms with Crippen molar-refractivity contribution in [2.75, 3.05) is 6.54 Å². The van der Waals surface area contributed by atoms with Crippen molar-refractivity contribution in [3.8, 4) is 0 Å². The van der Waals surface area contributed by atoms with Gasteiger partial charge >= 0.3 is 12.1 Å². The van der Waals surface area contributed by atoms with E-state index in [0.29, 0.717) is 0 Å². The van der Waals surface area contributed by atoms with Gasteiger partial charge in [-0.15, -0.1) is 0 Å². The lowest BCUT2D eigenvalue weighted by molar-refractivity contribution is -0.140. The van der Waals surface area contributed by atoms with Crippen molar-refractivity contribution in [3.63, 3.8) is 0 Å². The molecule has 0 heterocycles. The summed E-state index contributed by atoms with van der Waals surface area (Å²) in [5, 5.41) is 8.53. The van der Waals surface area contributed by atoms with Gasteiger partial charge in [-0.2, -0.15) is 31.0 Å². The molecule has 0 unspecified atom stereocenters. The van der Waals surface area contributed by atoms with Gasteiger partial charge in [0.05, 0.1) is 6.42 Å². The van der Waals surface area contributed by atoms with Crippen LogP contribution in [0.2, 0.25) is 0 Å². The van der Waals surface area contributed by atoms with E-state index >= 15 is 0 Å². The number of nitrogens with two attached hydrogens (primary N) is 1. The average molecular weight is 293 g/mol. The van der Waals surface area contributed by atoms with Crippen molar-refractivity contribution in [2.45, 2.75) is 18.6 Å². The van der Waals surface area contributed by atoms with Gasteiger partial charge in [0.25, 0.3) is 10.2 Å². The normalized spacial score (nSPS) is 14.2. The molecule has 0 aromatic rings. The molecule has 0 spiro atoms. The van der Waals surface area contributed by atoms with E-state index < -0.39 is 47.3 Å². The summed E-state index contributed by atoms with van der Waals surface area (Å²) in [5.74, 6) is -2.87. The van der Waals surface area contributed by atoms with Crippen LogP contribution >= 0.6 is 0 Å². The number of carbonyl (C=O) groups excluding carboxylic acids is 1. The topological polar surface area (TPSA) is 139 Å². The van der Waals surface area contributed by atoms with Crippen LogP contribution in [-0.4, -0.2) is 44.2 Å². The van der Waals surface area contributed by atoms with E-state index in [1.165, 1.54) is 4.72 Å². The molecule has 12 heteroatoms. The summed E-state index contributed by atoms with van der Waals surface area (Å²) in [5.41, 5.74) is 4.66. The zero-order valence-corrected chi connectivity index (χ0v) is 9.51. The lowest BCUT2D eigenvalue weighted by Crippen LogP contribution is -2.49. The van der Waals surface area contributed by atoms with Gasteiger partial charge in [0.15, 0.2) is 0 Å². The summed E-state index contributed by atoms with van der Waals surface area (Å²) in [4.78, 5) is 21.0. The fourth-order valence-electron chi connectivity index (χ4n) is 0.786. The standard InChI is InChI=1S/C6H10F3N3O5S/c7-6(8,9)2-11-18(16,17)12-3(5(14)15)1-4(10)13/h3,11-12H,1-2H2,(H2,10,13)(H,14,15)/t3-/m0/s1. The van der Waals surface area contributed by atoms with Gasteiger partial charge in [0.2, 0.25) is 5.91 Å². The fraction of sp³-hybridized carbons (Fsp3) is 0.667. The molecule has 0 fully saturated rings. The minimum Gasteiger partial charge on any atom is -0.480 e. The van der Waals surface area contributed by atoms with Gasteiger partial charge in [0, 0.05) is 0 Å². The molecule has 0 saturated heterocycles. The maximum atomic E-state index is 11.7. The molecular weight excluding hydrogens is 283 g/mol. The molecule has 5 N–H and O–H groups in total. The molecule has 0 radical (unpaired) electrons. The second-order valence-electron chi connectivity index (χ2n) is 3.12. The van der Waals surface area contributed by atoms with E-state index in [0.717, 1.165) is 4.72 Å². The summed E-state index contributed by atoms with van der Waals surface area (Å²) in [6.07, 6.45) is -5.68. The Hall–Kier alpha value is -1.40. The molecular formula is C6H10F3N3O5S. The minimum atomic E-state index is -4.79. The number of aliphatic carboxylic acids is 1. The molecule has 0 aromatic carbocycles. The van der Waals surface area contributed by atoms with E-state index in [9.17, 15) is 31.2 Å². The van der Waals surface area contributed by atoms with Crippen LogP contribution in [0.4, 0.5) is 13.2 Å². The van der Waals surface area contributed by atoms with Crippen LogP contribution in [0, 0.1) is 0 Å². The fourth-order valence-corrected chi connectivity index (χ4v) is 1.78. The molecule has 8 nitrogen and oxygen atoms in total. The SMILES string of the molecule is NC(=O)C[C@H](NS(=O)(=O)NCC(F)(F)F)C(=O)O. The highest BCUT2D eigenvalue weighted by Gasteiger charge is 2.31. The van der Waals surface area contributed by atoms with Crippen LogP contribution in [0.25, 0.3) is 0 Å². The van der Waals surface area contributed by atoms with Gasteiger partial charge in [0.1, 0.15) is 12.6 Å². The molecule has 1 atom stereocenters. The zero-order chi connectivity index (χ0) is 14.6. The third kappa shape index (κ3) is 7.81. The number of carboxylic acids is 1. The van der Waals surface area contributed by atoms with Crippen molar-refractivity contribution in [1.82, 2.24) is 9.44 Å². The molecule has 0 saturated carbocycles. The molecule has 18 heavy (non-hydrogen) atoms. The predicted octanol–water partition coefficient (Wildman–Crippen LogP) is -1.70. The number of carbonyl (C=O) groups is 2. The number of rotatable bonds is 7. The molecule has 106 valence electrons. The number of alkyl halides is 3. The first kappa shape index (κ1) is 16.6. The zero-order valence-electron chi connectivity index (χ0n) is 8.69. The van der Waals surface area contributed by atoms with Crippen molar-refractivity contribution in [2.24, 2.45) is 5.73 Å². The number of hydrogen-bond donors (Lipinski definition) is 4. The Morgan fingerprint density at radius 3 is 2.17 bits per heavy atom. The van der Waals surface area contributed by atoms with Gasteiger partial charge in [-0.1, -0.05) is 0 Å². The molecule has 1 amide bonds. The second-order valence-corrected chi connectivity index (χ2v) is 4.65. The summed E-state index contributed by atoms with van der Waals surface area (Å²) >= 11 is 0. The number of carboxylic acid groups (broad SMARTS) is 1.